The summed E-state index contributed by atoms with van der Waals surface area (Å²) in [7, 11) is 0. The van der Waals surface area contributed by atoms with Crippen molar-refractivity contribution in [1.29, 1.82) is 0 Å². The molecule has 0 spiro atoms. The molecule has 1 aliphatic heterocycles. The highest BCUT2D eigenvalue weighted by molar-refractivity contribution is 8.93. The van der Waals surface area contributed by atoms with E-state index in [9.17, 15) is 0 Å². The van der Waals surface area contributed by atoms with Crippen LogP contribution in [0.3, 0.4) is 0 Å². The van der Waals surface area contributed by atoms with Crippen LogP contribution in [0.4, 0.5) is 11.4 Å². The number of para-hydroxylation sites is 2. The number of hydrogen-bond donors (Lipinski definition) is 1. The van der Waals surface area contributed by atoms with E-state index in [1.54, 1.807) is 0 Å². The second-order valence-electron chi connectivity index (χ2n) is 3.22. The van der Waals surface area contributed by atoms with Crippen LogP contribution in [0.5, 0.6) is 0 Å². The van der Waals surface area contributed by atoms with Gasteiger partial charge in [0, 0.05) is 6.54 Å². The second kappa shape index (κ2) is 5.19. The van der Waals surface area contributed by atoms with Crippen LogP contribution in [0.15, 0.2) is 37.0 Å². The van der Waals surface area contributed by atoms with Crippen LogP contribution in [0.25, 0.3) is 0 Å². The smallest absolute Gasteiger partial charge is 0.109 e. The van der Waals surface area contributed by atoms with E-state index >= 15 is 0 Å². The Balaban J connectivity index is 0.00000112. The molecule has 0 atom stereocenters. The molecule has 0 saturated carbocycles. The van der Waals surface area contributed by atoms with Crippen molar-refractivity contribution >= 4 is 28.4 Å². The van der Waals surface area contributed by atoms with Crippen molar-refractivity contribution in [3.05, 3.63) is 37.0 Å². The zero-order valence-electron chi connectivity index (χ0n) is 8.81. The lowest BCUT2D eigenvalue weighted by molar-refractivity contribution is 0.669. The number of hydrogen-bond acceptors (Lipinski definition) is 3. The zero-order valence-corrected chi connectivity index (χ0v) is 10.5. The van der Waals surface area contributed by atoms with Gasteiger partial charge in [-0.2, -0.15) is 0 Å². The predicted octanol–water partition coefficient (Wildman–Crippen LogP) is 2.52. The normalized spacial score (nSPS) is 13.4. The molecule has 15 heavy (non-hydrogen) atoms. The number of rotatable bonds is 3. The Morgan fingerprint density at radius 3 is 2.67 bits per heavy atom. The zero-order chi connectivity index (χ0) is 9.97. The van der Waals surface area contributed by atoms with E-state index in [2.05, 4.69) is 47.0 Å². The molecule has 4 heteroatoms. The molecule has 1 heterocycles. The Kier molecular flexibility index (Phi) is 4.17. The minimum Gasteiger partial charge on any atom is -0.327 e. The standard InChI is InChI=1S/C11H15N3.BrH/c1-3-12-14-9-13(4-2)10-7-5-6-8-11(10)14;/h4-8,12H,2-3,9H2,1H3;1H. The Morgan fingerprint density at radius 2 is 2.07 bits per heavy atom. The molecule has 0 bridgehead atoms. The van der Waals surface area contributed by atoms with Crippen molar-refractivity contribution in [1.82, 2.24) is 5.43 Å². The number of fused-ring (bicyclic) bond motifs is 1. The van der Waals surface area contributed by atoms with Gasteiger partial charge in [-0.3, -0.25) is 5.01 Å². The summed E-state index contributed by atoms with van der Waals surface area (Å²) in [6.07, 6.45) is 1.86. The number of hydrazine groups is 1. The number of nitrogens with zero attached hydrogens (tertiary/aromatic N) is 2. The largest absolute Gasteiger partial charge is 0.327 e. The first-order valence-electron chi connectivity index (χ1n) is 4.86. The van der Waals surface area contributed by atoms with Crippen LogP contribution in [0.2, 0.25) is 0 Å². The third-order valence-corrected chi connectivity index (χ3v) is 2.35. The van der Waals surface area contributed by atoms with Crippen LogP contribution < -0.4 is 15.3 Å². The Hall–Kier alpha value is -1.00. The van der Waals surface area contributed by atoms with Crippen molar-refractivity contribution in [2.75, 3.05) is 23.1 Å². The summed E-state index contributed by atoms with van der Waals surface area (Å²) >= 11 is 0. The van der Waals surface area contributed by atoms with E-state index in [0.29, 0.717) is 0 Å². The minimum atomic E-state index is 0. The fourth-order valence-corrected chi connectivity index (χ4v) is 1.72. The van der Waals surface area contributed by atoms with E-state index in [1.165, 1.54) is 11.4 Å². The molecule has 1 N–H and O–H groups in total. The van der Waals surface area contributed by atoms with Gasteiger partial charge in [0.25, 0.3) is 0 Å². The van der Waals surface area contributed by atoms with Crippen molar-refractivity contribution in [2.24, 2.45) is 0 Å². The summed E-state index contributed by atoms with van der Waals surface area (Å²) in [5, 5.41) is 2.14. The second-order valence-corrected chi connectivity index (χ2v) is 3.22. The van der Waals surface area contributed by atoms with Crippen molar-refractivity contribution < 1.29 is 0 Å². The van der Waals surface area contributed by atoms with Gasteiger partial charge in [-0.15, -0.1) is 17.0 Å². The molecular formula is C11H16BrN3. The molecule has 0 aromatic heterocycles. The van der Waals surface area contributed by atoms with E-state index in [-0.39, 0.29) is 17.0 Å². The van der Waals surface area contributed by atoms with Gasteiger partial charge in [-0.05, 0) is 18.3 Å². The Morgan fingerprint density at radius 1 is 1.40 bits per heavy atom. The highest BCUT2D eigenvalue weighted by Crippen LogP contribution is 2.34. The maximum absolute atomic E-state index is 3.81. The highest BCUT2D eigenvalue weighted by atomic mass is 79.9. The van der Waals surface area contributed by atoms with Gasteiger partial charge in [0.1, 0.15) is 6.67 Å². The summed E-state index contributed by atoms with van der Waals surface area (Å²) < 4.78 is 0. The average molecular weight is 270 g/mol. The predicted molar refractivity (Wildman–Crippen MR) is 70.5 cm³/mol. The number of benzene rings is 1. The molecule has 0 radical (unpaired) electrons. The molecule has 0 amide bonds. The highest BCUT2D eigenvalue weighted by Gasteiger charge is 2.22. The van der Waals surface area contributed by atoms with Crippen LogP contribution in [-0.4, -0.2) is 13.2 Å². The maximum Gasteiger partial charge on any atom is 0.109 e. The van der Waals surface area contributed by atoms with Gasteiger partial charge in [0.15, 0.2) is 0 Å². The van der Waals surface area contributed by atoms with Crippen LogP contribution >= 0.6 is 17.0 Å². The van der Waals surface area contributed by atoms with Crippen molar-refractivity contribution in [3.63, 3.8) is 0 Å². The molecule has 1 aromatic carbocycles. The molecule has 2 rings (SSSR count). The lowest BCUT2D eigenvalue weighted by Crippen LogP contribution is -2.39. The summed E-state index contributed by atoms with van der Waals surface area (Å²) in [4.78, 5) is 2.12. The molecule has 0 aliphatic carbocycles. The van der Waals surface area contributed by atoms with Gasteiger partial charge in [0.2, 0.25) is 0 Å². The Labute approximate surface area is 101 Å². The third-order valence-electron chi connectivity index (χ3n) is 2.35. The van der Waals surface area contributed by atoms with Gasteiger partial charge in [-0.1, -0.05) is 25.6 Å². The summed E-state index contributed by atoms with van der Waals surface area (Å²) in [6, 6.07) is 8.32. The van der Waals surface area contributed by atoms with Gasteiger partial charge >= 0.3 is 0 Å². The van der Waals surface area contributed by atoms with Crippen molar-refractivity contribution in [2.45, 2.75) is 6.92 Å². The number of halogens is 1. The first kappa shape index (κ1) is 12.1. The first-order chi connectivity index (χ1) is 6.86. The summed E-state index contributed by atoms with van der Waals surface area (Å²) in [6.45, 7) is 7.66. The number of nitrogens with one attached hydrogen (secondary N) is 1. The quantitative estimate of drug-likeness (QED) is 0.910. The van der Waals surface area contributed by atoms with Gasteiger partial charge in [0.05, 0.1) is 11.4 Å². The first-order valence-corrected chi connectivity index (χ1v) is 4.86. The average Bonchev–Trinajstić information content (AvgIpc) is 2.58. The SMILES string of the molecule is Br.C=CN1CN(NCC)c2ccccc21. The van der Waals surface area contributed by atoms with E-state index in [4.69, 9.17) is 0 Å². The van der Waals surface area contributed by atoms with E-state index < -0.39 is 0 Å². The van der Waals surface area contributed by atoms with Crippen LogP contribution in [0.1, 0.15) is 6.92 Å². The van der Waals surface area contributed by atoms with Crippen LogP contribution in [-0.2, 0) is 0 Å². The minimum absolute atomic E-state index is 0. The molecule has 3 nitrogen and oxygen atoms in total. The van der Waals surface area contributed by atoms with Crippen LogP contribution in [0, 0.1) is 0 Å². The molecule has 82 valence electrons. The fraction of sp³-hybridized carbons (Fsp3) is 0.273. The fourth-order valence-electron chi connectivity index (χ4n) is 1.72. The van der Waals surface area contributed by atoms with E-state index in [1.807, 2.05) is 12.3 Å². The molecule has 0 saturated heterocycles. The number of anilines is 2. The molecule has 1 aromatic rings. The maximum atomic E-state index is 3.81. The molecule has 0 fully saturated rings. The van der Waals surface area contributed by atoms with E-state index in [0.717, 1.165) is 13.2 Å². The molecule has 0 unspecified atom stereocenters. The topological polar surface area (TPSA) is 18.5 Å². The van der Waals surface area contributed by atoms with Crippen molar-refractivity contribution in [3.8, 4) is 0 Å². The lowest BCUT2D eigenvalue weighted by Gasteiger charge is -2.19. The summed E-state index contributed by atoms with van der Waals surface area (Å²) in [5.41, 5.74) is 5.74. The monoisotopic (exact) mass is 269 g/mol. The Bertz CT molecular complexity index is 340. The van der Waals surface area contributed by atoms with Gasteiger partial charge < -0.3 is 4.90 Å². The molecular weight excluding hydrogens is 254 g/mol. The lowest BCUT2D eigenvalue weighted by atomic mass is 10.3. The third kappa shape index (κ3) is 2.16. The summed E-state index contributed by atoms with van der Waals surface area (Å²) in [5.74, 6) is 0. The van der Waals surface area contributed by atoms with Gasteiger partial charge in [-0.25, -0.2) is 5.43 Å². The molecule has 1 aliphatic rings.